The van der Waals surface area contributed by atoms with Crippen LogP contribution < -0.4 is 0 Å². The molecule has 10 heavy (non-hydrogen) atoms. The molecule has 0 aromatic rings. The molecular formula is C5H6LiO4. The van der Waals surface area contributed by atoms with E-state index >= 15 is 0 Å². The molecule has 0 atom stereocenters. The van der Waals surface area contributed by atoms with Crippen LogP contribution in [0.25, 0.3) is 0 Å². The van der Waals surface area contributed by atoms with Crippen molar-refractivity contribution in [2.75, 3.05) is 0 Å². The Kier molecular flexibility index (Phi) is 6.11. The molecule has 0 spiro atoms. The Morgan fingerprint density at radius 2 is 1.70 bits per heavy atom. The van der Waals surface area contributed by atoms with E-state index in [4.69, 9.17) is 10.2 Å². The maximum Gasteiger partial charge on any atom is 0.331 e. The molecule has 2 N–H and O–H groups in total. The Labute approximate surface area is 69.7 Å². The Morgan fingerprint density at radius 1 is 1.30 bits per heavy atom. The minimum Gasteiger partial charge on any atom is -0.478 e. The van der Waals surface area contributed by atoms with Crippen molar-refractivity contribution in [2.45, 2.75) is 6.92 Å². The molecule has 0 saturated heterocycles. The number of hydrogen-bond acceptors (Lipinski definition) is 2. The van der Waals surface area contributed by atoms with E-state index in [0.29, 0.717) is 6.08 Å². The smallest absolute Gasteiger partial charge is 0.331 e. The first-order chi connectivity index (χ1) is 4.04. The minimum atomic E-state index is -1.24. The Morgan fingerprint density at radius 3 is 1.80 bits per heavy atom. The van der Waals surface area contributed by atoms with Gasteiger partial charge >= 0.3 is 11.9 Å². The van der Waals surface area contributed by atoms with Gasteiger partial charge in [0.1, 0.15) is 0 Å². The van der Waals surface area contributed by atoms with Gasteiger partial charge in [0.05, 0.1) is 0 Å². The van der Waals surface area contributed by atoms with Crippen molar-refractivity contribution in [1.29, 1.82) is 0 Å². The Bertz CT molecular complexity index is 172. The van der Waals surface area contributed by atoms with Crippen LogP contribution >= 0.6 is 0 Å². The molecule has 0 saturated carbocycles. The van der Waals surface area contributed by atoms with Crippen LogP contribution in [-0.2, 0) is 9.59 Å². The van der Waals surface area contributed by atoms with Crippen LogP contribution in [0.15, 0.2) is 11.6 Å². The monoisotopic (exact) mass is 137 g/mol. The van der Waals surface area contributed by atoms with Crippen LogP contribution in [0.2, 0.25) is 0 Å². The van der Waals surface area contributed by atoms with Crippen LogP contribution in [0.5, 0.6) is 0 Å². The van der Waals surface area contributed by atoms with Crippen molar-refractivity contribution < 1.29 is 19.8 Å². The molecule has 5 heteroatoms. The number of rotatable bonds is 2. The first-order valence-corrected chi connectivity index (χ1v) is 2.18. The molecule has 51 valence electrons. The van der Waals surface area contributed by atoms with Gasteiger partial charge in [0.2, 0.25) is 0 Å². The molecule has 0 amide bonds. The largest absolute Gasteiger partial charge is 0.478 e. The SMILES string of the molecule is CC(=CC(=O)O)C(=O)O.[Li]. The molecular weight excluding hydrogens is 131 g/mol. The van der Waals surface area contributed by atoms with Gasteiger partial charge in [-0.05, 0) is 6.92 Å². The molecule has 0 rings (SSSR count). The molecule has 0 aliphatic carbocycles. The standard InChI is InChI=1S/C5H6O4.Li/c1-3(5(8)9)2-4(6)7;/h2H,1H3,(H,6,7)(H,8,9);. The quantitative estimate of drug-likeness (QED) is 0.405. The fourth-order valence-electron chi connectivity index (χ4n) is 0.247. The van der Waals surface area contributed by atoms with Gasteiger partial charge in [-0.3, -0.25) is 0 Å². The summed E-state index contributed by atoms with van der Waals surface area (Å²) in [6.07, 6.45) is 0.641. The molecule has 0 fully saturated rings. The third-order valence-corrected chi connectivity index (χ3v) is 0.677. The average molecular weight is 137 g/mol. The van der Waals surface area contributed by atoms with E-state index in [-0.39, 0.29) is 24.4 Å². The topological polar surface area (TPSA) is 74.6 Å². The first kappa shape index (κ1) is 12.0. The number of carboxylic acid groups (broad SMARTS) is 2. The van der Waals surface area contributed by atoms with Crippen molar-refractivity contribution in [3.05, 3.63) is 11.6 Å². The normalized spacial score (nSPS) is 9.90. The van der Waals surface area contributed by atoms with E-state index in [1.165, 1.54) is 6.92 Å². The summed E-state index contributed by atoms with van der Waals surface area (Å²) in [5.41, 5.74) is -0.178. The maximum atomic E-state index is 9.90. The average Bonchev–Trinajstić information content (AvgIpc) is 1.63. The van der Waals surface area contributed by atoms with Crippen molar-refractivity contribution >= 4 is 30.8 Å². The summed E-state index contributed by atoms with van der Waals surface area (Å²) in [6, 6.07) is 0. The minimum absolute atomic E-state index is 0. The van der Waals surface area contributed by atoms with Crippen molar-refractivity contribution in [3.8, 4) is 0 Å². The fraction of sp³-hybridized carbons (Fsp3) is 0.200. The van der Waals surface area contributed by atoms with Gasteiger partial charge in [-0.1, -0.05) is 0 Å². The summed E-state index contributed by atoms with van der Waals surface area (Å²) >= 11 is 0. The van der Waals surface area contributed by atoms with E-state index in [1.54, 1.807) is 0 Å². The van der Waals surface area contributed by atoms with Crippen LogP contribution in [0, 0.1) is 0 Å². The molecule has 0 bridgehead atoms. The molecule has 0 heterocycles. The summed E-state index contributed by atoms with van der Waals surface area (Å²) < 4.78 is 0. The van der Waals surface area contributed by atoms with E-state index in [0.717, 1.165) is 0 Å². The summed E-state index contributed by atoms with van der Waals surface area (Å²) in [5.74, 6) is -2.45. The molecule has 4 nitrogen and oxygen atoms in total. The number of hydrogen-bond donors (Lipinski definition) is 2. The van der Waals surface area contributed by atoms with E-state index in [1.807, 2.05) is 0 Å². The molecule has 0 aromatic carbocycles. The zero-order valence-corrected chi connectivity index (χ0v) is 5.79. The van der Waals surface area contributed by atoms with Gasteiger partial charge in [0, 0.05) is 30.5 Å². The zero-order chi connectivity index (χ0) is 7.44. The van der Waals surface area contributed by atoms with Crippen LogP contribution in [0.4, 0.5) is 0 Å². The zero-order valence-electron chi connectivity index (χ0n) is 5.79. The molecule has 0 unspecified atom stereocenters. The predicted octanol–water partition coefficient (Wildman–Crippen LogP) is -0.279. The van der Waals surface area contributed by atoms with E-state index in [2.05, 4.69) is 0 Å². The van der Waals surface area contributed by atoms with Crippen molar-refractivity contribution in [3.63, 3.8) is 0 Å². The Hall–Kier alpha value is -0.723. The second kappa shape index (κ2) is 5.09. The molecule has 1 radical (unpaired) electrons. The number of aliphatic carboxylic acids is 2. The van der Waals surface area contributed by atoms with Crippen molar-refractivity contribution in [1.82, 2.24) is 0 Å². The summed E-state index contributed by atoms with van der Waals surface area (Å²) in [5, 5.41) is 16.1. The number of carbonyl (C=O) groups is 2. The van der Waals surface area contributed by atoms with Gasteiger partial charge in [-0.2, -0.15) is 0 Å². The van der Waals surface area contributed by atoms with Crippen LogP contribution in [0.1, 0.15) is 6.92 Å². The summed E-state index contributed by atoms with van der Waals surface area (Å²) in [7, 11) is 0. The molecule has 0 aliphatic rings. The Balaban J connectivity index is 0. The predicted molar refractivity (Wildman–Crippen MR) is 34.8 cm³/mol. The maximum absolute atomic E-state index is 9.90. The van der Waals surface area contributed by atoms with Gasteiger partial charge < -0.3 is 10.2 Å². The van der Waals surface area contributed by atoms with Gasteiger partial charge in [-0.25, -0.2) is 9.59 Å². The summed E-state index contributed by atoms with van der Waals surface area (Å²) in [4.78, 5) is 19.7. The van der Waals surface area contributed by atoms with Crippen LogP contribution in [-0.4, -0.2) is 41.0 Å². The molecule has 0 aliphatic heterocycles. The fourth-order valence-corrected chi connectivity index (χ4v) is 0.247. The van der Waals surface area contributed by atoms with Crippen LogP contribution in [0.3, 0.4) is 0 Å². The first-order valence-electron chi connectivity index (χ1n) is 2.18. The van der Waals surface area contributed by atoms with Crippen molar-refractivity contribution in [2.24, 2.45) is 0 Å². The van der Waals surface area contributed by atoms with E-state index < -0.39 is 11.9 Å². The number of carboxylic acids is 2. The van der Waals surface area contributed by atoms with E-state index in [9.17, 15) is 9.59 Å². The molecule has 0 aromatic heterocycles. The van der Waals surface area contributed by atoms with Gasteiger partial charge in [-0.15, -0.1) is 0 Å². The summed E-state index contributed by atoms with van der Waals surface area (Å²) in [6.45, 7) is 1.22. The van der Waals surface area contributed by atoms with Gasteiger partial charge in [0.15, 0.2) is 0 Å². The third-order valence-electron chi connectivity index (χ3n) is 0.677. The third kappa shape index (κ3) is 5.41. The second-order valence-electron chi connectivity index (χ2n) is 1.47. The van der Waals surface area contributed by atoms with Gasteiger partial charge in [0.25, 0.3) is 0 Å². The second-order valence-corrected chi connectivity index (χ2v) is 1.47.